The Bertz CT molecular complexity index is 547. The first-order valence-corrected chi connectivity index (χ1v) is 6.89. The van der Waals surface area contributed by atoms with E-state index in [1.165, 1.54) is 25.3 Å². The van der Waals surface area contributed by atoms with E-state index < -0.39 is 4.92 Å². The van der Waals surface area contributed by atoms with Crippen LogP contribution in [0.25, 0.3) is 0 Å². The van der Waals surface area contributed by atoms with Gasteiger partial charge in [0.25, 0.3) is 5.91 Å². The van der Waals surface area contributed by atoms with E-state index in [0.29, 0.717) is 0 Å². The second-order valence-corrected chi connectivity index (χ2v) is 5.11. The van der Waals surface area contributed by atoms with Gasteiger partial charge in [-0.05, 0) is 38.4 Å². The Hall–Kier alpha value is -2.15. The molecule has 2 rings (SSSR count). The zero-order valence-corrected chi connectivity index (χ0v) is 12.1. The van der Waals surface area contributed by atoms with Crippen LogP contribution >= 0.6 is 0 Å². The minimum absolute atomic E-state index is 0.0346. The highest BCUT2D eigenvalue weighted by Gasteiger charge is 2.24. The third kappa shape index (κ3) is 3.49. The van der Waals surface area contributed by atoms with Crippen LogP contribution in [0.15, 0.2) is 18.2 Å². The maximum absolute atomic E-state index is 12.2. The van der Waals surface area contributed by atoms with Crippen molar-refractivity contribution in [2.75, 3.05) is 13.7 Å². The fourth-order valence-electron chi connectivity index (χ4n) is 2.47. The highest BCUT2D eigenvalue weighted by Crippen LogP contribution is 2.27. The van der Waals surface area contributed by atoms with Crippen LogP contribution < -0.4 is 15.4 Å². The van der Waals surface area contributed by atoms with Gasteiger partial charge in [0, 0.05) is 23.7 Å². The molecule has 0 aliphatic carbocycles. The van der Waals surface area contributed by atoms with E-state index in [1.54, 1.807) is 0 Å². The molecule has 7 heteroatoms. The Morgan fingerprint density at radius 1 is 1.52 bits per heavy atom. The van der Waals surface area contributed by atoms with Gasteiger partial charge in [-0.15, -0.1) is 0 Å². The minimum atomic E-state index is -0.555. The molecule has 1 amide bonds. The molecule has 0 aromatic heterocycles. The quantitative estimate of drug-likeness (QED) is 0.647. The Balaban J connectivity index is 2.15. The van der Waals surface area contributed by atoms with Gasteiger partial charge in [-0.3, -0.25) is 14.9 Å². The third-order valence-electron chi connectivity index (χ3n) is 3.72. The first-order valence-electron chi connectivity index (χ1n) is 6.89. The Kier molecular flexibility index (Phi) is 4.74. The summed E-state index contributed by atoms with van der Waals surface area (Å²) in [7, 11) is 1.36. The lowest BCUT2D eigenvalue weighted by molar-refractivity contribution is -0.385. The second-order valence-electron chi connectivity index (χ2n) is 5.11. The van der Waals surface area contributed by atoms with E-state index in [-0.39, 0.29) is 35.0 Å². The smallest absolute Gasteiger partial charge is 0.311 e. The van der Waals surface area contributed by atoms with Gasteiger partial charge < -0.3 is 15.4 Å². The highest BCUT2D eigenvalue weighted by atomic mass is 16.6. The Morgan fingerprint density at radius 3 is 2.90 bits per heavy atom. The summed E-state index contributed by atoms with van der Waals surface area (Å²) < 4.78 is 4.93. The van der Waals surface area contributed by atoms with Crippen LogP contribution in [-0.2, 0) is 0 Å². The summed E-state index contributed by atoms with van der Waals surface area (Å²) in [6.07, 6.45) is 1.90. The molecule has 21 heavy (non-hydrogen) atoms. The van der Waals surface area contributed by atoms with Crippen LogP contribution in [-0.4, -0.2) is 36.6 Å². The van der Waals surface area contributed by atoms with Crippen molar-refractivity contribution in [3.8, 4) is 5.75 Å². The topological polar surface area (TPSA) is 93.5 Å². The van der Waals surface area contributed by atoms with Gasteiger partial charge in [0.05, 0.1) is 12.0 Å². The number of nitro groups is 1. The molecule has 7 nitrogen and oxygen atoms in total. The number of rotatable bonds is 4. The molecule has 2 unspecified atom stereocenters. The second kappa shape index (κ2) is 6.53. The summed E-state index contributed by atoms with van der Waals surface area (Å²) in [6, 6.07) is 4.44. The number of hydrogen-bond donors (Lipinski definition) is 2. The number of nitro benzene ring substituents is 1. The molecule has 1 heterocycles. The molecular formula is C14H19N3O4. The van der Waals surface area contributed by atoms with Crippen molar-refractivity contribution < 1.29 is 14.5 Å². The van der Waals surface area contributed by atoms with Crippen LogP contribution in [0.1, 0.15) is 30.1 Å². The summed E-state index contributed by atoms with van der Waals surface area (Å²) in [4.78, 5) is 22.7. The van der Waals surface area contributed by atoms with Gasteiger partial charge >= 0.3 is 5.69 Å². The molecule has 0 saturated carbocycles. The average Bonchev–Trinajstić information content (AvgIpc) is 2.48. The molecule has 1 saturated heterocycles. The van der Waals surface area contributed by atoms with Crippen molar-refractivity contribution in [3.05, 3.63) is 33.9 Å². The molecule has 1 aromatic rings. The van der Waals surface area contributed by atoms with Gasteiger partial charge in [0.15, 0.2) is 5.75 Å². The van der Waals surface area contributed by atoms with Gasteiger partial charge in [0.2, 0.25) is 0 Å². The maximum Gasteiger partial charge on any atom is 0.311 e. The average molecular weight is 293 g/mol. The molecular weight excluding hydrogens is 274 g/mol. The summed E-state index contributed by atoms with van der Waals surface area (Å²) >= 11 is 0. The van der Waals surface area contributed by atoms with Crippen molar-refractivity contribution in [1.82, 2.24) is 10.6 Å². The van der Waals surface area contributed by atoms with Gasteiger partial charge in [-0.2, -0.15) is 0 Å². The van der Waals surface area contributed by atoms with Crippen LogP contribution in [0.4, 0.5) is 5.69 Å². The van der Waals surface area contributed by atoms with Crippen LogP contribution in [0.3, 0.4) is 0 Å². The van der Waals surface area contributed by atoms with Crippen LogP contribution in [0.2, 0.25) is 0 Å². The normalized spacial score (nSPS) is 21.6. The lowest BCUT2D eigenvalue weighted by Crippen LogP contribution is -2.51. The van der Waals surface area contributed by atoms with Crippen molar-refractivity contribution >= 4 is 11.6 Å². The van der Waals surface area contributed by atoms with Crippen LogP contribution in [0, 0.1) is 10.1 Å². The number of hydrogen-bond acceptors (Lipinski definition) is 5. The molecule has 1 aliphatic heterocycles. The lowest BCUT2D eigenvalue weighted by atomic mass is 9.99. The van der Waals surface area contributed by atoms with E-state index in [2.05, 4.69) is 10.6 Å². The minimum Gasteiger partial charge on any atom is -0.490 e. The Morgan fingerprint density at radius 2 is 2.29 bits per heavy atom. The number of nitrogens with one attached hydrogen (secondary N) is 2. The molecule has 2 atom stereocenters. The number of amides is 1. The molecule has 1 aromatic carbocycles. The van der Waals surface area contributed by atoms with E-state index in [9.17, 15) is 14.9 Å². The zero-order valence-electron chi connectivity index (χ0n) is 12.1. The summed E-state index contributed by atoms with van der Waals surface area (Å²) in [5.41, 5.74) is 0.0558. The maximum atomic E-state index is 12.2. The molecule has 2 N–H and O–H groups in total. The van der Waals surface area contributed by atoms with E-state index in [1.807, 2.05) is 6.92 Å². The molecule has 0 bridgehead atoms. The third-order valence-corrected chi connectivity index (χ3v) is 3.72. The van der Waals surface area contributed by atoms with Crippen molar-refractivity contribution in [1.29, 1.82) is 0 Å². The van der Waals surface area contributed by atoms with Crippen molar-refractivity contribution in [2.45, 2.75) is 31.8 Å². The molecule has 1 aliphatic rings. The highest BCUT2D eigenvalue weighted by molar-refractivity contribution is 5.95. The fourth-order valence-corrected chi connectivity index (χ4v) is 2.47. The van der Waals surface area contributed by atoms with Crippen molar-refractivity contribution in [2.24, 2.45) is 0 Å². The van der Waals surface area contributed by atoms with Crippen LogP contribution in [0.5, 0.6) is 5.75 Å². The lowest BCUT2D eigenvalue weighted by Gasteiger charge is -2.30. The first-order chi connectivity index (χ1) is 10.0. The number of carbonyl (C=O) groups excluding carboxylic acids is 1. The van der Waals surface area contributed by atoms with Gasteiger partial charge in [0.1, 0.15) is 0 Å². The number of piperidine rings is 1. The number of ether oxygens (including phenoxy) is 1. The molecule has 0 spiro atoms. The molecule has 0 radical (unpaired) electrons. The monoisotopic (exact) mass is 293 g/mol. The number of carbonyl (C=O) groups is 1. The van der Waals surface area contributed by atoms with E-state index in [4.69, 9.17) is 4.74 Å². The predicted molar refractivity (Wildman–Crippen MR) is 77.6 cm³/mol. The van der Waals surface area contributed by atoms with Gasteiger partial charge in [-0.25, -0.2) is 0 Å². The standard InChI is InChI=1S/C14H19N3O4/c1-9-11(4-3-7-15-9)16-14(18)10-5-6-13(21-2)12(8-10)17(19)20/h5-6,8-9,11,15H,3-4,7H2,1-2H3,(H,16,18). The van der Waals surface area contributed by atoms with E-state index in [0.717, 1.165) is 19.4 Å². The molecule has 114 valence electrons. The van der Waals surface area contributed by atoms with Crippen molar-refractivity contribution in [3.63, 3.8) is 0 Å². The first kappa shape index (κ1) is 15.2. The predicted octanol–water partition coefficient (Wildman–Crippen LogP) is 1.47. The summed E-state index contributed by atoms with van der Waals surface area (Å²) in [5, 5.41) is 17.2. The number of nitrogens with zero attached hydrogens (tertiary/aromatic N) is 1. The SMILES string of the molecule is COc1ccc(C(=O)NC2CCCNC2C)cc1[N+](=O)[O-]. The molecule has 1 fully saturated rings. The number of benzene rings is 1. The summed E-state index contributed by atoms with van der Waals surface area (Å²) in [6.45, 7) is 2.96. The van der Waals surface area contributed by atoms with E-state index >= 15 is 0 Å². The Labute approximate surface area is 122 Å². The zero-order chi connectivity index (χ0) is 15.4. The fraction of sp³-hybridized carbons (Fsp3) is 0.500. The largest absolute Gasteiger partial charge is 0.490 e. The summed E-state index contributed by atoms with van der Waals surface area (Å²) in [5.74, 6) is -0.162. The number of methoxy groups -OCH3 is 1. The van der Waals surface area contributed by atoms with Gasteiger partial charge in [-0.1, -0.05) is 0 Å².